The van der Waals surface area contributed by atoms with E-state index in [4.69, 9.17) is 4.74 Å². The molecule has 1 aliphatic rings. The van der Waals surface area contributed by atoms with Crippen LogP contribution in [0, 0.1) is 0 Å². The van der Waals surface area contributed by atoms with Crippen molar-refractivity contribution in [1.82, 2.24) is 0 Å². The average Bonchev–Trinajstić information content (AvgIpc) is 3.06. The molecule has 4 rings (SSSR count). The Morgan fingerprint density at radius 2 is 1.80 bits per heavy atom. The number of esters is 1. The quantitative estimate of drug-likeness (QED) is 0.723. The third-order valence-electron chi connectivity index (χ3n) is 4.40. The van der Waals surface area contributed by atoms with Crippen LogP contribution in [0.1, 0.15) is 15.9 Å². The summed E-state index contributed by atoms with van der Waals surface area (Å²) >= 11 is 0. The number of fused-ring (bicyclic) bond motifs is 2. The molecule has 0 aromatic heterocycles. The van der Waals surface area contributed by atoms with Gasteiger partial charge in [-0.25, -0.2) is 4.79 Å². The molecule has 0 radical (unpaired) electrons. The molecule has 0 unspecified atom stereocenters. The summed E-state index contributed by atoms with van der Waals surface area (Å²) in [5, 5.41) is 5.40. The van der Waals surface area contributed by atoms with Crippen LogP contribution < -0.4 is 5.32 Å². The van der Waals surface area contributed by atoms with E-state index in [0.29, 0.717) is 5.56 Å². The molecule has 0 atom stereocenters. The fraction of sp³-hybridized carbons (Fsp3) is 0.143. The van der Waals surface area contributed by atoms with Gasteiger partial charge in [0.15, 0.2) is 0 Å². The summed E-state index contributed by atoms with van der Waals surface area (Å²) in [6, 6.07) is 19.7. The highest BCUT2D eigenvalue weighted by Gasteiger charge is 2.17. The summed E-state index contributed by atoms with van der Waals surface area (Å²) in [5.41, 5.74) is 4.54. The van der Waals surface area contributed by atoms with Crippen molar-refractivity contribution in [2.45, 2.75) is 6.42 Å². The highest BCUT2D eigenvalue weighted by atomic mass is 16.5. The second kappa shape index (κ2) is 6.40. The number of hydrogen-bond donors (Lipinski definition) is 1. The molecule has 4 nitrogen and oxygen atoms in total. The van der Waals surface area contributed by atoms with Gasteiger partial charge < -0.3 is 10.1 Å². The minimum atomic E-state index is -0.327. The predicted octanol–water partition coefficient (Wildman–Crippen LogP) is 4.37. The highest BCUT2D eigenvalue weighted by Crippen LogP contribution is 2.31. The molecule has 0 spiro atoms. The van der Waals surface area contributed by atoms with E-state index in [-0.39, 0.29) is 12.6 Å². The molecule has 0 saturated carbocycles. The Morgan fingerprint density at radius 3 is 2.52 bits per heavy atom. The van der Waals surface area contributed by atoms with Gasteiger partial charge in [0.2, 0.25) is 0 Å². The van der Waals surface area contributed by atoms with Gasteiger partial charge in [0.25, 0.3) is 0 Å². The van der Waals surface area contributed by atoms with Crippen molar-refractivity contribution in [3.63, 3.8) is 0 Å². The van der Waals surface area contributed by atoms with Gasteiger partial charge in [-0.2, -0.15) is 0 Å². The summed E-state index contributed by atoms with van der Waals surface area (Å²) in [4.78, 5) is 16.8. The molecule has 25 heavy (non-hydrogen) atoms. The standard InChI is InChI=1S/C21H18N2O2/c1-22-18-8-6-14(7-9-18)21(24)25-13-19-11-17-10-15-4-2-3-5-16(15)12-20(17)23-19/h2-10,12,22H,11,13H2,1H3. The Bertz CT molecular complexity index is 975. The second-order valence-corrected chi connectivity index (χ2v) is 6.09. The number of rotatable bonds is 4. The first-order chi connectivity index (χ1) is 12.2. The molecule has 1 heterocycles. The van der Waals surface area contributed by atoms with Gasteiger partial charge in [-0.15, -0.1) is 0 Å². The van der Waals surface area contributed by atoms with Crippen LogP contribution >= 0.6 is 0 Å². The lowest BCUT2D eigenvalue weighted by Crippen LogP contribution is -2.14. The predicted molar refractivity (Wildman–Crippen MR) is 101 cm³/mol. The van der Waals surface area contributed by atoms with Crippen LogP contribution in [0.25, 0.3) is 10.8 Å². The molecule has 0 fully saturated rings. The zero-order valence-electron chi connectivity index (χ0n) is 14.0. The lowest BCUT2D eigenvalue weighted by atomic mass is 10.0. The van der Waals surface area contributed by atoms with Crippen LogP contribution in [-0.2, 0) is 11.2 Å². The number of anilines is 1. The minimum absolute atomic E-state index is 0.220. The van der Waals surface area contributed by atoms with Gasteiger partial charge in [-0.1, -0.05) is 24.3 Å². The van der Waals surface area contributed by atoms with E-state index in [0.717, 1.165) is 23.5 Å². The maximum Gasteiger partial charge on any atom is 0.338 e. The first-order valence-corrected chi connectivity index (χ1v) is 8.26. The second-order valence-electron chi connectivity index (χ2n) is 6.09. The minimum Gasteiger partial charge on any atom is -0.456 e. The van der Waals surface area contributed by atoms with E-state index in [2.05, 4.69) is 34.6 Å². The molecule has 4 heteroatoms. The van der Waals surface area contributed by atoms with E-state index < -0.39 is 0 Å². The van der Waals surface area contributed by atoms with E-state index in [1.807, 2.05) is 31.3 Å². The number of aliphatic imine (C=N–C) groups is 1. The lowest BCUT2D eigenvalue weighted by molar-refractivity contribution is 0.0562. The summed E-state index contributed by atoms with van der Waals surface area (Å²) in [6.07, 6.45) is 0.728. The Kier molecular flexibility index (Phi) is 3.94. The number of carbonyl (C=O) groups is 1. The van der Waals surface area contributed by atoms with E-state index in [1.54, 1.807) is 12.1 Å². The fourth-order valence-corrected chi connectivity index (χ4v) is 3.04. The fourth-order valence-electron chi connectivity index (χ4n) is 3.04. The third kappa shape index (κ3) is 3.11. The Balaban J connectivity index is 1.44. The summed E-state index contributed by atoms with van der Waals surface area (Å²) in [5.74, 6) is -0.327. The SMILES string of the molecule is CNc1ccc(C(=O)OCC2=Nc3cc4ccccc4cc3C2)cc1. The summed E-state index contributed by atoms with van der Waals surface area (Å²) < 4.78 is 5.42. The van der Waals surface area contributed by atoms with Crippen molar-refractivity contribution in [3.05, 3.63) is 71.8 Å². The molecule has 1 N–H and O–H groups in total. The van der Waals surface area contributed by atoms with Crippen LogP contribution in [0.3, 0.4) is 0 Å². The van der Waals surface area contributed by atoms with Crippen molar-refractivity contribution >= 4 is 33.8 Å². The molecule has 3 aromatic rings. The van der Waals surface area contributed by atoms with Gasteiger partial charge >= 0.3 is 5.97 Å². The highest BCUT2D eigenvalue weighted by molar-refractivity contribution is 6.00. The number of ether oxygens (including phenoxy) is 1. The first kappa shape index (κ1) is 15.4. The van der Waals surface area contributed by atoms with Crippen molar-refractivity contribution in [3.8, 4) is 0 Å². The largest absolute Gasteiger partial charge is 0.456 e. The zero-order valence-corrected chi connectivity index (χ0v) is 14.0. The van der Waals surface area contributed by atoms with Gasteiger partial charge in [-0.05, 0) is 52.7 Å². The molecule has 3 aromatic carbocycles. The molecule has 0 bridgehead atoms. The van der Waals surface area contributed by atoms with Gasteiger partial charge in [0.05, 0.1) is 17.0 Å². The Morgan fingerprint density at radius 1 is 1.08 bits per heavy atom. The number of benzene rings is 3. The van der Waals surface area contributed by atoms with Crippen molar-refractivity contribution in [2.24, 2.45) is 4.99 Å². The number of nitrogens with zero attached hydrogens (tertiary/aromatic N) is 1. The van der Waals surface area contributed by atoms with E-state index in [1.165, 1.54) is 16.3 Å². The molecular weight excluding hydrogens is 312 g/mol. The molecule has 1 aliphatic heterocycles. The number of nitrogens with one attached hydrogen (secondary N) is 1. The van der Waals surface area contributed by atoms with Crippen LogP contribution in [0.15, 0.2) is 65.7 Å². The van der Waals surface area contributed by atoms with Crippen LogP contribution in [0.5, 0.6) is 0 Å². The average molecular weight is 330 g/mol. The molecular formula is C21H18N2O2. The summed E-state index contributed by atoms with van der Waals surface area (Å²) in [7, 11) is 1.84. The third-order valence-corrected chi connectivity index (χ3v) is 4.40. The molecule has 0 saturated heterocycles. The maximum absolute atomic E-state index is 12.2. The Hall–Kier alpha value is -3.14. The van der Waals surface area contributed by atoms with E-state index >= 15 is 0 Å². The van der Waals surface area contributed by atoms with Crippen molar-refractivity contribution in [1.29, 1.82) is 0 Å². The maximum atomic E-state index is 12.2. The van der Waals surface area contributed by atoms with Crippen molar-refractivity contribution in [2.75, 3.05) is 19.0 Å². The van der Waals surface area contributed by atoms with Crippen molar-refractivity contribution < 1.29 is 9.53 Å². The first-order valence-electron chi connectivity index (χ1n) is 8.26. The molecule has 124 valence electrons. The van der Waals surface area contributed by atoms with E-state index in [9.17, 15) is 4.79 Å². The normalized spacial score (nSPS) is 12.6. The van der Waals surface area contributed by atoms with Gasteiger partial charge in [0, 0.05) is 19.2 Å². The monoisotopic (exact) mass is 330 g/mol. The van der Waals surface area contributed by atoms with Crippen LogP contribution in [-0.4, -0.2) is 25.3 Å². The zero-order chi connectivity index (χ0) is 17.2. The number of carbonyl (C=O) groups excluding carboxylic acids is 1. The van der Waals surface area contributed by atoms with Gasteiger partial charge in [0.1, 0.15) is 6.61 Å². The van der Waals surface area contributed by atoms with Crippen LogP contribution in [0.2, 0.25) is 0 Å². The molecule has 0 amide bonds. The topological polar surface area (TPSA) is 50.7 Å². The number of hydrogen-bond acceptors (Lipinski definition) is 4. The smallest absolute Gasteiger partial charge is 0.338 e. The summed E-state index contributed by atoms with van der Waals surface area (Å²) in [6.45, 7) is 0.220. The Labute approximate surface area is 146 Å². The molecule has 0 aliphatic carbocycles. The van der Waals surface area contributed by atoms with Gasteiger partial charge in [-0.3, -0.25) is 4.99 Å². The lowest BCUT2D eigenvalue weighted by Gasteiger charge is -2.05. The van der Waals surface area contributed by atoms with Crippen LogP contribution in [0.4, 0.5) is 11.4 Å².